The van der Waals surface area contributed by atoms with Crippen LogP contribution >= 0.6 is 0 Å². The summed E-state index contributed by atoms with van der Waals surface area (Å²) in [6.45, 7) is 0. The largest absolute Gasteiger partial charge is 0.355 e. The van der Waals surface area contributed by atoms with Crippen molar-refractivity contribution < 1.29 is 9.59 Å². The predicted octanol–water partition coefficient (Wildman–Crippen LogP) is 2.41. The molecule has 0 bridgehead atoms. The van der Waals surface area contributed by atoms with E-state index >= 15 is 0 Å². The Morgan fingerprint density at radius 3 is 2.62 bits per heavy atom. The molecule has 1 unspecified atom stereocenters. The Kier molecular flexibility index (Phi) is 4.08. The maximum atomic E-state index is 12.7. The monoisotopic (exact) mass is 318 g/mol. The van der Waals surface area contributed by atoms with Crippen LogP contribution in [0.5, 0.6) is 0 Å². The molecule has 3 rings (SSSR count). The van der Waals surface area contributed by atoms with E-state index < -0.39 is 11.7 Å². The van der Waals surface area contributed by atoms with Crippen LogP contribution in [0.25, 0.3) is 11.0 Å². The highest BCUT2D eigenvalue weighted by atomic mass is 16.1. The third kappa shape index (κ3) is 2.75. The Labute approximate surface area is 138 Å². The van der Waals surface area contributed by atoms with Crippen LogP contribution in [0.2, 0.25) is 0 Å². The zero-order valence-electron chi connectivity index (χ0n) is 12.9. The van der Waals surface area contributed by atoms with E-state index in [-0.39, 0.29) is 5.91 Å². The maximum Gasteiger partial charge on any atom is 0.251 e. The van der Waals surface area contributed by atoms with Crippen molar-refractivity contribution in [2.45, 2.75) is 5.92 Å². The van der Waals surface area contributed by atoms with E-state index in [2.05, 4.69) is 15.3 Å². The predicted molar refractivity (Wildman–Crippen MR) is 88.6 cm³/mol. The number of carbonyl (C=O) groups excluding carboxylic acids is 2. The molecule has 0 aliphatic rings. The van der Waals surface area contributed by atoms with E-state index in [9.17, 15) is 14.9 Å². The van der Waals surface area contributed by atoms with Gasteiger partial charge in [0.15, 0.2) is 11.7 Å². The first-order valence-corrected chi connectivity index (χ1v) is 7.34. The number of aromatic amines is 1. The number of hydrogen-bond donors (Lipinski definition) is 2. The van der Waals surface area contributed by atoms with Gasteiger partial charge in [0.2, 0.25) is 0 Å². The number of nitrogens with one attached hydrogen (secondary N) is 2. The number of aromatic nitrogens is 2. The van der Waals surface area contributed by atoms with Crippen LogP contribution in [-0.2, 0) is 0 Å². The van der Waals surface area contributed by atoms with Gasteiger partial charge < -0.3 is 10.3 Å². The van der Waals surface area contributed by atoms with Crippen molar-refractivity contribution in [2.24, 2.45) is 0 Å². The Hall–Kier alpha value is -3.46. The second-order valence-corrected chi connectivity index (χ2v) is 5.23. The van der Waals surface area contributed by atoms with Gasteiger partial charge in [0.1, 0.15) is 5.82 Å². The summed E-state index contributed by atoms with van der Waals surface area (Å²) in [7, 11) is 1.52. The fraction of sp³-hybridized carbons (Fsp3) is 0.111. The third-order valence-electron chi connectivity index (χ3n) is 3.71. The summed E-state index contributed by atoms with van der Waals surface area (Å²) in [5, 5.41) is 12.0. The normalized spacial score (nSPS) is 11.7. The van der Waals surface area contributed by atoms with Crippen molar-refractivity contribution >= 4 is 22.7 Å². The number of nitriles is 1. The molecule has 0 saturated heterocycles. The number of nitrogens with zero attached hydrogens (tertiary/aromatic N) is 2. The van der Waals surface area contributed by atoms with Gasteiger partial charge >= 0.3 is 0 Å². The van der Waals surface area contributed by atoms with E-state index in [0.29, 0.717) is 22.5 Å². The molecule has 0 aliphatic heterocycles. The van der Waals surface area contributed by atoms with Crippen molar-refractivity contribution in [3.8, 4) is 6.07 Å². The number of fused-ring (bicyclic) bond motifs is 1. The summed E-state index contributed by atoms with van der Waals surface area (Å²) in [6, 6.07) is 15.6. The lowest BCUT2D eigenvalue weighted by molar-refractivity contribution is 0.0963. The zero-order chi connectivity index (χ0) is 17.1. The van der Waals surface area contributed by atoms with Crippen molar-refractivity contribution in [3.63, 3.8) is 0 Å². The molecule has 1 aromatic heterocycles. The Morgan fingerprint density at radius 1 is 1.17 bits per heavy atom. The Balaban J connectivity index is 1.98. The van der Waals surface area contributed by atoms with Crippen molar-refractivity contribution in [1.82, 2.24) is 15.3 Å². The first kappa shape index (κ1) is 15.4. The molecule has 0 saturated carbocycles. The molecule has 3 aromatic rings. The van der Waals surface area contributed by atoms with Gasteiger partial charge in [0.05, 0.1) is 17.1 Å². The SMILES string of the molecule is CNC(=O)c1cccc(C(=O)C(C#N)c2nc3ccccc3[nH]2)c1. The lowest BCUT2D eigenvalue weighted by Crippen LogP contribution is -2.19. The number of H-pyrrole nitrogens is 1. The number of Topliss-reactive ketones (excluding diaryl/α,β-unsaturated/α-hetero) is 1. The Bertz CT molecular complexity index is 935. The minimum absolute atomic E-state index is 0.290. The molecule has 6 heteroatoms. The fourth-order valence-corrected chi connectivity index (χ4v) is 2.48. The summed E-state index contributed by atoms with van der Waals surface area (Å²) >= 11 is 0. The van der Waals surface area contributed by atoms with E-state index in [0.717, 1.165) is 5.52 Å². The van der Waals surface area contributed by atoms with Crippen LogP contribution < -0.4 is 5.32 Å². The third-order valence-corrected chi connectivity index (χ3v) is 3.71. The molecule has 0 spiro atoms. The zero-order valence-corrected chi connectivity index (χ0v) is 12.9. The smallest absolute Gasteiger partial charge is 0.251 e. The van der Waals surface area contributed by atoms with Gasteiger partial charge in [-0.3, -0.25) is 9.59 Å². The van der Waals surface area contributed by atoms with Gasteiger partial charge in [0, 0.05) is 18.2 Å². The molecule has 0 radical (unpaired) electrons. The summed E-state index contributed by atoms with van der Waals surface area (Å²) in [4.78, 5) is 31.7. The van der Waals surface area contributed by atoms with Gasteiger partial charge in [-0.15, -0.1) is 0 Å². The second-order valence-electron chi connectivity index (χ2n) is 5.23. The fourth-order valence-electron chi connectivity index (χ4n) is 2.48. The van der Waals surface area contributed by atoms with Crippen molar-refractivity contribution in [1.29, 1.82) is 5.26 Å². The highest BCUT2D eigenvalue weighted by Crippen LogP contribution is 2.21. The molecule has 118 valence electrons. The number of carbonyl (C=O) groups is 2. The molecular weight excluding hydrogens is 304 g/mol. The minimum atomic E-state index is -1.06. The van der Waals surface area contributed by atoms with E-state index in [1.807, 2.05) is 24.3 Å². The topological polar surface area (TPSA) is 98.6 Å². The van der Waals surface area contributed by atoms with Gasteiger partial charge in [-0.25, -0.2) is 4.98 Å². The summed E-state index contributed by atoms with van der Waals surface area (Å²) < 4.78 is 0. The van der Waals surface area contributed by atoms with Gasteiger partial charge in [-0.2, -0.15) is 5.26 Å². The van der Waals surface area contributed by atoms with Crippen molar-refractivity contribution in [2.75, 3.05) is 7.05 Å². The second kappa shape index (κ2) is 6.34. The van der Waals surface area contributed by atoms with Gasteiger partial charge in [-0.05, 0) is 24.3 Å². The molecule has 0 aliphatic carbocycles. The maximum absolute atomic E-state index is 12.7. The van der Waals surface area contributed by atoms with Crippen LogP contribution in [0, 0.1) is 11.3 Å². The number of para-hydroxylation sites is 2. The van der Waals surface area contributed by atoms with E-state index in [1.54, 1.807) is 24.3 Å². The number of rotatable bonds is 4. The summed E-state index contributed by atoms with van der Waals surface area (Å²) in [6.07, 6.45) is 0. The lowest BCUT2D eigenvalue weighted by atomic mass is 9.96. The minimum Gasteiger partial charge on any atom is -0.355 e. The Morgan fingerprint density at radius 2 is 1.92 bits per heavy atom. The highest BCUT2D eigenvalue weighted by Gasteiger charge is 2.25. The van der Waals surface area contributed by atoms with Gasteiger partial charge in [0.25, 0.3) is 5.91 Å². The molecule has 1 heterocycles. The van der Waals surface area contributed by atoms with Gasteiger partial charge in [-0.1, -0.05) is 24.3 Å². The molecule has 6 nitrogen and oxygen atoms in total. The number of ketones is 1. The molecule has 1 amide bonds. The molecule has 0 fully saturated rings. The number of hydrogen-bond acceptors (Lipinski definition) is 4. The quantitative estimate of drug-likeness (QED) is 0.722. The average molecular weight is 318 g/mol. The van der Waals surface area contributed by atoms with Crippen molar-refractivity contribution in [3.05, 3.63) is 65.5 Å². The first-order valence-electron chi connectivity index (χ1n) is 7.34. The highest BCUT2D eigenvalue weighted by molar-refractivity contribution is 6.04. The average Bonchev–Trinajstić information content (AvgIpc) is 3.05. The number of benzene rings is 2. The molecule has 2 N–H and O–H groups in total. The van der Waals surface area contributed by atoms with E-state index in [1.165, 1.54) is 13.1 Å². The standard InChI is InChI=1S/C18H14N4O2/c1-20-18(24)12-6-4-5-11(9-12)16(23)13(10-19)17-21-14-7-2-3-8-15(14)22-17/h2-9,13H,1H3,(H,20,24)(H,21,22). The molecular formula is C18H14N4O2. The van der Waals surface area contributed by atoms with Crippen LogP contribution in [-0.4, -0.2) is 28.7 Å². The summed E-state index contributed by atoms with van der Waals surface area (Å²) in [5.74, 6) is -1.45. The number of amides is 1. The first-order chi connectivity index (χ1) is 11.6. The van der Waals surface area contributed by atoms with Crippen LogP contribution in [0.4, 0.5) is 0 Å². The van der Waals surface area contributed by atoms with E-state index in [4.69, 9.17) is 0 Å². The number of imidazole rings is 1. The summed E-state index contributed by atoms with van der Waals surface area (Å²) in [5.41, 5.74) is 2.12. The molecule has 24 heavy (non-hydrogen) atoms. The molecule has 1 atom stereocenters. The van der Waals surface area contributed by atoms with Crippen LogP contribution in [0.3, 0.4) is 0 Å². The lowest BCUT2D eigenvalue weighted by Gasteiger charge is -2.07. The van der Waals surface area contributed by atoms with Crippen LogP contribution in [0.1, 0.15) is 32.5 Å². The van der Waals surface area contributed by atoms with Crippen LogP contribution in [0.15, 0.2) is 48.5 Å². The molecule has 2 aromatic carbocycles.